The fourth-order valence-electron chi connectivity index (χ4n) is 3.38. The van der Waals surface area contributed by atoms with Gasteiger partial charge in [-0.2, -0.15) is 0 Å². The van der Waals surface area contributed by atoms with E-state index >= 15 is 0 Å². The Morgan fingerprint density at radius 3 is 2.55 bits per heavy atom. The number of likely N-dealkylation sites (tertiary alicyclic amines) is 1. The van der Waals surface area contributed by atoms with E-state index in [2.05, 4.69) is 43.2 Å². The fourth-order valence-corrected chi connectivity index (χ4v) is 4.87. The highest BCUT2D eigenvalue weighted by Crippen LogP contribution is 2.20. The zero-order chi connectivity index (χ0) is 20.6. The maximum Gasteiger partial charge on any atom is 0.191 e. The van der Waals surface area contributed by atoms with E-state index in [9.17, 15) is 0 Å². The van der Waals surface area contributed by atoms with Crippen molar-refractivity contribution in [2.24, 2.45) is 10.9 Å². The lowest BCUT2D eigenvalue weighted by Gasteiger charge is -2.31. The number of nitrogens with one attached hydrogen (secondary N) is 2. The van der Waals surface area contributed by atoms with Crippen molar-refractivity contribution < 1.29 is 0 Å². The highest BCUT2D eigenvalue weighted by Gasteiger charge is 2.20. The Bertz CT molecular complexity index is 775. The second-order valence-corrected chi connectivity index (χ2v) is 9.41. The van der Waals surface area contributed by atoms with Gasteiger partial charge in [-0.15, -0.1) is 22.7 Å². The summed E-state index contributed by atoms with van der Waals surface area (Å²) in [5.41, 5.74) is 2.27. The maximum atomic E-state index is 4.70. The SMILES string of the molecule is CCc1nc(CN2CCC(CNC(=NC)NCc3csc(N(C)C)n3)CC2)cs1. The molecule has 7 nitrogen and oxygen atoms in total. The van der Waals surface area contributed by atoms with Crippen molar-refractivity contribution in [2.45, 2.75) is 39.3 Å². The molecule has 0 unspecified atom stereocenters. The molecule has 0 aliphatic carbocycles. The lowest BCUT2D eigenvalue weighted by molar-refractivity contribution is 0.176. The Labute approximate surface area is 182 Å². The molecule has 2 aromatic rings. The average molecular weight is 436 g/mol. The van der Waals surface area contributed by atoms with Gasteiger partial charge in [0, 0.05) is 45.0 Å². The second-order valence-electron chi connectivity index (χ2n) is 7.63. The molecule has 0 radical (unpaired) electrons. The molecule has 3 rings (SSSR count). The molecule has 3 heterocycles. The van der Waals surface area contributed by atoms with Gasteiger partial charge in [0.2, 0.25) is 0 Å². The summed E-state index contributed by atoms with van der Waals surface area (Å²) in [6, 6.07) is 0. The third-order valence-electron chi connectivity index (χ3n) is 5.14. The van der Waals surface area contributed by atoms with Crippen LogP contribution >= 0.6 is 22.7 Å². The number of anilines is 1. The number of rotatable bonds is 8. The molecule has 1 aliphatic rings. The van der Waals surface area contributed by atoms with Gasteiger partial charge in [-0.05, 0) is 38.3 Å². The minimum atomic E-state index is 0.686. The molecule has 160 valence electrons. The van der Waals surface area contributed by atoms with Crippen LogP contribution in [0.1, 0.15) is 36.2 Å². The molecule has 0 atom stereocenters. The van der Waals surface area contributed by atoms with Crippen LogP contribution in [0.3, 0.4) is 0 Å². The summed E-state index contributed by atoms with van der Waals surface area (Å²) in [4.78, 5) is 18.2. The van der Waals surface area contributed by atoms with Gasteiger partial charge in [0.15, 0.2) is 11.1 Å². The number of nitrogens with zero attached hydrogens (tertiary/aromatic N) is 5. The molecule has 0 saturated carbocycles. The van der Waals surface area contributed by atoms with Crippen molar-refractivity contribution in [3.05, 3.63) is 27.2 Å². The Kier molecular flexibility index (Phi) is 8.26. The van der Waals surface area contributed by atoms with Crippen LogP contribution < -0.4 is 15.5 Å². The number of aromatic nitrogens is 2. The molecule has 29 heavy (non-hydrogen) atoms. The molecule has 0 bridgehead atoms. The first-order valence-corrected chi connectivity index (χ1v) is 12.0. The number of thiazole rings is 2. The van der Waals surface area contributed by atoms with Gasteiger partial charge < -0.3 is 15.5 Å². The van der Waals surface area contributed by atoms with Gasteiger partial charge in [-0.1, -0.05) is 6.92 Å². The van der Waals surface area contributed by atoms with Crippen molar-refractivity contribution in [1.29, 1.82) is 0 Å². The molecule has 9 heteroatoms. The zero-order valence-electron chi connectivity index (χ0n) is 17.9. The number of hydrogen-bond donors (Lipinski definition) is 2. The van der Waals surface area contributed by atoms with Crippen molar-refractivity contribution in [3.63, 3.8) is 0 Å². The Morgan fingerprint density at radius 1 is 1.17 bits per heavy atom. The first-order valence-electron chi connectivity index (χ1n) is 10.3. The van der Waals surface area contributed by atoms with Crippen LogP contribution in [0, 0.1) is 5.92 Å². The quantitative estimate of drug-likeness (QED) is 0.491. The van der Waals surface area contributed by atoms with Crippen LogP contribution in [-0.4, -0.2) is 61.6 Å². The molecule has 1 fully saturated rings. The molecule has 1 aliphatic heterocycles. The van der Waals surface area contributed by atoms with E-state index in [0.29, 0.717) is 12.5 Å². The van der Waals surface area contributed by atoms with Crippen LogP contribution in [0.25, 0.3) is 0 Å². The molecule has 0 aromatic carbocycles. The van der Waals surface area contributed by atoms with Crippen molar-refractivity contribution in [1.82, 2.24) is 25.5 Å². The van der Waals surface area contributed by atoms with Gasteiger partial charge in [-0.3, -0.25) is 9.89 Å². The molecule has 1 saturated heterocycles. The number of aryl methyl sites for hydroxylation is 1. The van der Waals surface area contributed by atoms with Crippen molar-refractivity contribution in [3.8, 4) is 0 Å². The number of piperidine rings is 1. The third kappa shape index (κ3) is 6.65. The number of guanidine groups is 1. The summed E-state index contributed by atoms with van der Waals surface area (Å²) in [7, 11) is 5.85. The largest absolute Gasteiger partial charge is 0.356 e. The van der Waals surface area contributed by atoms with Crippen LogP contribution in [0.4, 0.5) is 5.13 Å². The summed E-state index contributed by atoms with van der Waals surface area (Å²) in [6.45, 7) is 7.09. The average Bonchev–Trinajstić information content (AvgIpc) is 3.39. The molecule has 2 N–H and O–H groups in total. The molecule has 0 amide bonds. The maximum absolute atomic E-state index is 4.70. The van der Waals surface area contributed by atoms with Gasteiger partial charge in [0.25, 0.3) is 0 Å². The molecular weight excluding hydrogens is 402 g/mol. The number of hydrogen-bond acceptors (Lipinski definition) is 7. The third-order valence-corrected chi connectivity index (χ3v) is 7.23. The first kappa shape index (κ1) is 22.0. The standard InChI is InChI=1S/C20H33N7S2/c1-5-18-24-17(14-28-18)12-27-8-6-15(7-9-27)10-22-19(21-2)23-11-16-13-29-20(25-16)26(3)4/h13-15H,5-12H2,1-4H3,(H2,21,22,23). The zero-order valence-corrected chi connectivity index (χ0v) is 19.6. The van der Waals surface area contributed by atoms with Crippen LogP contribution in [0.2, 0.25) is 0 Å². The minimum absolute atomic E-state index is 0.686. The Hall–Kier alpha value is -1.71. The second kappa shape index (κ2) is 10.9. The lowest BCUT2D eigenvalue weighted by atomic mass is 9.97. The van der Waals surface area contributed by atoms with E-state index < -0.39 is 0 Å². The molecule has 2 aromatic heterocycles. The smallest absolute Gasteiger partial charge is 0.191 e. The van der Waals surface area contributed by atoms with Gasteiger partial charge in [0.1, 0.15) is 0 Å². The molecular formula is C20H33N7S2. The lowest BCUT2D eigenvalue weighted by Crippen LogP contribution is -2.42. The highest BCUT2D eigenvalue weighted by atomic mass is 32.1. The van der Waals surface area contributed by atoms with Crippen LogP contribution in [0.15, 0.2) is 15.8 Å². The van der Waals surface area contributed by atoms with E-state index in [1.54, 1.807) is 22.7 Å². The summed E-state index contributed by atoms with van der Waals surface area (Å²) < 4.78 is 0. The van der Waals surface area contributed by atoms with Gasteiger partial charge in [0.05, 0.1) is 22.9 Å². The van der Waals surface area contributed by atoms with Crippen molar-refractivity contribution >= 4 is 33.8 Å². The highest BCUT2D eigenvalue weighted by molar-refractivity contribution is 7.13. The summed E-state index contributed by atoms with van der Waals surface area (Å²) >= 11 is 3.45. The first-order chi connectivity index (χ1) is 14.1. The predicted molar refractivity (Wildman–Crippen MR) is 124 cm³/mol. The van der Waals surface area contributed by atoms with Gasteiger partial charge >= 0.3 is 0 Å². The van der Waals surface area contributed by atoms with Crippen LogP contribution in [0.5, 0.6) is 0 Å². The summed E-state index contributed by atoms with van der Waals surface area (Å²) in [5, 5.41) is 13.4. The van der Waals surface area contributed by atoms with E-state index in [-0.39, 0.29) is 0 Å². The van der Waals surface area contributed by atoms with E-state index in [1.807, 2.05) is 26.0 Å². The predicted octanol–water partition coefficient (Wildman–Crippen LogP) is 2.81. The van der Waals surface area contributed by atoms with E-state index in [1.165, 1.54) is 23.5 Å². The topological polar surface area (TPSA) is 68.7 Å². The van der Waals surface area contributed by atoms with Gasteiger partial charge in [-0.25, -0.2) is 9.97 Å². The monoisotopic (exact) mass is 435 g/mol. The van der Waals surface area contributed by atoms with Crippen LogP contribution in [-0.2, 0) is 19.5 Å². The van der Waals surface area contributed by atoms with Crippen molar-refractivity contribution in [2.75, 3.05) is 45.7 Å². The Balaban J connectivity index is 1.36. The van der Waals surface area contributed by atoms with E-state index in [4.69, 9.17) is 4.98 Å². The van der Waals surface area contributed by atoms with E-state index in [0.717, 1.165) is 49.4 Å². The summed E-state index contributed by atoms with van der Waals surface area (Å²) in [6.07, 6.45) is 3.47. The number of aliphatic imine (C=N–C) groups is 1. The Morgan fingerprint density at radius 2 is 1.93 bits per heavy atom. The normalized spacial score (nSPS) is 16.2. The fraction of sp³-hybridized carbons (Fsp3) is 0.650. The molecule has 0 spiro atoms. The summed E-state index contributed by atoms with van der Waals surface area (Å²) in [5.74, 6) is 1.53. The minimum Gasteiger partial charge on any atom is -0.356 e.